The van der Waals surface area contributed by atoms with Crippen LogP contribution in [0, 0.1) is 29.1 Å². The van der Waals surface area contributed by atoms with Gasteiger partial charge in [-0.25, -0.2) is 0 Å². The van der Waals surface area contributed by atoms with Crippen LogP contribution in [0.3, 0.4) is 0 Å². The first kappa shape index (κ1) is 12.3. The zero-order valence-electron chi connectivity index (χ0n) is 11.1. The van der Waals surface area contributed by atoms with Crippen molar-refractivity contribution in [3.8, 4) is 0 Å². The maximum absolute atomic E-state index is 4.27. The second-order valence-corrected chi connectivity index (χ2v) is 9.68. The van der Waals surface area contributed by atoms with Gasteiger partial charge < -0.3 is 0 Å². The Kier molecular flexibility index (Phi) is 3.17. The number of rotatable bonds is 3. The summed E-state index contributed by atoms with van der Waals surface area (Å²) >= 11 is 0.417. The van der Waals surface area contributed by atoms with Crippen molar-refractivity contribution in [2.45, 2.75) is 39.5 Å². The topological polar surface area (TPSA) is 0 Å². The number of allylic oxidation sites excluding steroid dienone is 3. The molecule has 2 fully saturated rings. The average molecular weight is 343 g/mol. The van der Waals surface area contributed by atoms with E-state index in [2.05, 4.69) is 32.6 Å². The van der Waals surface area contributed by atoms with Crippen LogP contribution >= 0.6 is 0 Å². The fraction of sp³-hybridized carbons (Fsp3) is 0.750. The molecule has 17 heavy (non-hydrogen) atoms. The molecule has 0 amide bonds. The zero-order valence-corrected chi connectivity index (χ0v) is 13.2. The van der Waals surface area contributed by atoms with Gasteiger partial charge in [-0.05, 0) is 0 Å². The van der Waals surface area contributed by atoms with Gasteiger partial charge in [0.1, 0.15) is 0 Å². The normalized spacial score (nSPS) is 41.6. The quantitative estimate of drug-likeness (QED) is 0.411. The molecular weight excluding hydrogens is 319 g/mol. The van der Waals surface area contributed by atoms with Crippen molar-refractivity contribution in [1.82, 2.24) is 0 Å². The van der Waals surface area contributed by atoms with Crippen LogP contribution in [-0.4, -0.2) is 4.43 Å². The van der Waals surface area contributed by atoms with Gasteiger partial charge in [-0.1, -0.05) is 0 Å². The van der Waals surface area contributed by atoms with Gasteiger partial charge in [0.25, 0.3) is 0 Å². The Morgan fingerprint density at radius 1 is 1.35 bits per heavy atom. The van der Waals surface area contributed by atoms with E-state index < -0.39 is 0 Å². The first-order chi connectivity index (χ1) is 8.10. The summed E-state index contributed by atoms with van der Waals surface area (Å²) in [5, 5.41) is 0. The van der Waals surface area contributed by atoms with E-state index in [0.29, 0.717) is 26.6 Å². The Morgan fingerprint density at radius 2 is 2.18 bits per heavy atom. The molecule has 1 saturated heterocycles. The van der Waals surface area contributed by atoms with E-state index in [9.17, 15) is 0 Å². The molecule has 0 spiro atoms. The van der Waals surface area contributed by atoms with Crippen LogP contribution in [0.25, 0.3) is 0 Å². The fourth-order valence-electron chi connectivity index (χ4n) is 3.91. The Hall–Kier alpha value is 0.210. The van der Waals surface area contributed by atoms with Crippen LogP contribution in [0.15, 0.2) is 22.3 Å². The third kappa shape index (κ3) is 2.13. The van der Waals surface area contributed by atoms with Crippen LogP contribution in [0.5, 0.6) is 0 Å². The van der Waals surface area contributed by atoms with Gasteiger partial charge in [0.05, 0.1) is 0 Å². The number of hydrogen-bond acceptors (Lipinski definition) is 0. The molecule has 2 aliphatic carbocycles. The summed E-state index contributed by atoms with van der Waals surface area (Å²) in [4.78, 5) is 0. The molecule has 4 atom stereocenters. The van der Waals surface area contributed by atoms with Crippen molar-refractivity contribution in [2.75, 3.05) is 4.43 Å². The molecule has 3 aliphatic rings. The molecule has 1 saturated carbocycles. The van der Waals surface area contributed by atoms with Crippen LogP contribution in [0.4, 0.5) is 0 Å². The second kappa shape index (κ2) is 4.40. The summed E-state index contributed by atoms with van der Waals surface area (Å²) < 4.78 is 3.20. The van der Waals surface area contributed by atoms with E-state index in [1.54, 1.807) is 8.01 Å². The fourth-order valence-corrected chi connectivity index (χ4v) is 6.60. The summed E-state index contributed by atoms with van der Waals surface area (Å²) in [6, 6.07) is 0. The summed E-state index contributed by atoms with van der Waals surface area (Å²) in [5.41, 5.74) is 0.573. The first-order valence-corrected chi connectivity index (χ1v) is 9.64. The molecular formula is C16H24I-. The molecule has 1 heterocycles. The second-order valence-electron chi connectivity index (χ2n) is 6.65. The Labute approximate surface area is 116 Å². The van der Waals surface area contributed by atoms with Crippen LogP contribution < -0.4 is 21.2 Å². The van der Waals surface area contributed by atoms with Crippen LogP contribution in [-0.2, 0) is 0 Å². The molecule has 4 unspecified atom stereocenters. The van der Waals surface area contributed by atoms with Gasteiger partial charge in [-0.3, -0.25) is 0 Å². The summed E-state index contributed by atoms with van der Waals surface area (Å²) in [6.07, 6.45) is 10.4. The standard InChI is InChI=1S/C16H24I/c1-11-14(10-17-11)13-9-15(13)16(2,3)12-7-5-4-6-8-12/h4-5,12-15H,1,6-10H2,2-3H3/q-1. The molecule has 0 aromatic carbocycles. The van der Waals surface area contributed by atoms with E-state index in [1.165, 1.54) is 25.7 Å². The van der Waals surface area contributed by atoms with Gasteiger partial charge in [0.15, 0.2) is 0 Å². The van der Waals surface area contributed by atoms with Crippen molar-refractivity contribution in [1.29, 1.82) is 0 Å². The van der Waals surface area contributed by atoms with Gasteiger partial charge in [-0.2, -0.15) is 0 Å². The van der Waals surface area contributed by atoms with Crippen LogP contribution in [0.2, 0.25) is 0 Å². The van der Waals surface area contributed by atoms with Gasteiger partial charge in [-0.15, -0.1) is 0 Å². The zero-order chi connectivity index (χ0) is 12.0. The van der Waals surface area contributed by atoms with E-state index >= 15 is 0 Å². The van der Waals surface area contributed by atoms with Crippen LogP contribution in [0.1, 0.15) is 39.5 Å². The third-order valence-corrected chi connectivity index (χ3v) is 8.62. The minimum absolute atomic E-state index is 0.417. The van der Waals surface area contributed by atoms with Crippen molar-refractivity contribution in [3.63, 3.8) is 0 Å². The van der Waals surface area contributed by atoms with Gasteiger partial charge in [0, 0.05) is 0 Å². The molecule has 1 aliphatic heterocycles. The molecule has 0 aromatic heterocycles. The monoisotopic (exact) mass is 343 g/mol. The van der Waals surface area contributed by atoms with E-state index in [-0.39, 0.29) is 0 Å². The SMILES string of the molecule is C=C1[I-]CC1C1CC1C(C)(C)C1CC=CCC1. The molecule has 1 heteroatoms. The number of halogens is 1. The molecule has 3 rings (SSSR count). The minimum atomic E-state index is 0.417. The predicted octanol–water partition coefficient (Wildman–Crippen LogP) is 1.24. The van der Waals surface area contributed by atoms with Gasteiger partial charge in [0.2, 0.25) is 0 Å². The maximum atomic E-state index is 4.27. The number of alkyl halides is 1. The predicted molar refractivity (Wildman–Crippen MR) is 69.4 cm³/mol. The first-order valence-electron chi connectivity index (χ1n) is 7.03. The van der Waals surface area contributed by atoms with E-state index in [1.807, 2.05) is 0 Å². The summed E-state index contributed by atoms with van der Waals surface area (Å²) in [6.45, 7) is 9.35. The van der Waals surface area contributed by atoms with Gasteiger partial charge >= 0.3 is 117 Å². The molecule has 0 nitrogen and oxygen atoms in total. The molecule has 0 bridgehead atoms. The molecule has 0 radical (unpaired) electrons. The Morgan fingerprint density at radius 3 is 2.71 bits per heavy atom. The Bertz CT molecular complexity index is 353. The summed E-state index contributed by atoms with van der Waals surface area (Å²) in [5.74, 6) is 3.92. The third-order valence-electron chi connectivity index (χ3n) is 5.45. The van der Waals surface area contributed by atoms with Crippen molar-refractivity contribution in [3.05, 3.63) is 22.3 Å². The average Bonchev–Trinajstić information content (AvgIpc) is 3.09. The molecule has 0 N–H and O–H groups in total. The summed E-state index contributed by atoms with van der Waals surface area (Å²) in [7, 11) is 0. The van der Waals surface area contributed by atoms with E-state index in [4.69, 9.17) is 0 Å². The van der Waals surface area contributed by atoms with Crippen molar-refractivity contribution < 1.29 is 21.2 Å². The number of hydrogen-bond donors (Lipinski definition) is 0. The molecule has 0 aromatic rings. The van der Waals surface area contributed by atoms with E-state index in [0.717, 1.165) is 23.7 Å². The van der Waals surface area contributed by atoms with Crippen molar-refractivity contribution >= 4 is 0 Å². The van der Waals surface area contributed by atoms with Crippen molar-refractivity contribution in [2.24, 2.45) is 29.1 Å². The molecule has 96 valence electrons. The Balaban J connectivity index is 1.64.